The van der Waals surface area contributed by atoms with Gasteiger partial charge >= 0.3 is 6.03 Å². The highest BCUT2D eigenvalue weighted by Crippen LogP contribution is 2.15. The molecule has 0 heterocycles. The van der Waals surface area contributed by atoms with Crippen molar-refractivity contribution >= 4 is 17.6 Å². The van der Waals surface area contributed by atoms with Crippen LogP contribution in [-0.2, 0) is 0 Å². The quantitative estimate of drug-likeness (QED) is 0.618. The van der Waals surface area contributed by atoms with Crippen molar-refractivity contribution in [1.82, 2.24) is 10.6 Å². The number of anilines is 1. The van der Waals surface area contributed by atoms with Crippen molar-refractivity contribution in [2.24, 2.45) is 0 Å². The third-order valence-corrected chi connectivity index (χ3v) is 3.46. The third kappa shape index (κ3) is 6.59. The number of hydrogen-bond donors (Lipinski definition) is 3. The van der Waals surface area contributed by atoms with E-state index in [2.05, 4.69) is 16.0 Å². The molecule has 0 spiro atoms. The van der Waals surface area contributed by atoms with E-state index in [-0.39, 0.29) is 25.1 Å². The second kappa shape index (κ2) is 10.3. The number of carbonyl (C=O) groups is 2. The van der Waals surface area contributed by atoms with Gasteiger partial charge in [0.05, 0.1) is 7.11 Å². The number of rotatable bonds is 8. The van der Waals surface area contributed by atoms with Crippen LogP contribution in [0, 0.1) is 11.3 Å². The number of amides is 3. The molecule has 140 valence electrons. The Kier molecular flexibility index (Phi) is 7.48. The first-order valence-corrected chi connectivity index (χ1v) is 8.19. The van der Waals surface area contributed by atoms with E-state index in [0.717, 1.165) is 0 Å². The summed E-state index contributed by atoms with van der Waals surface area (Å²) in [6.45, 7) is 0.534. The van der Waals surface area contributed by atoms with Crippen LogP contribution in [0.25, 0.3) is 0 Å². The SMILES string of the molecule is COc1ccc(C(=O)NCCNC(=O)Nc2ccc(OCC#N)cc2)cc1. The molecule has 2 aromatic carbocycles. The Labute approximate surface area is 157 Å². The molecule has 0 fully saturated rings. The Morgan fingerprint density at radius 3 is 2.22 bits per heavy atom. The number of urea groups is 1. The number of nitriles is 1. The van der Waals surface area contributed by atoms with Crippen molar-refractivity contribution in [2.75, 3.05) is 32.1 Å². The highest BCUT2D eigenvalue weighted by molar-refractivity contribution is 5.94. The van der Waals surface area contributed by atoms with Crippen LogP contribution >= 0.6 is 0 Å². The maximum Gasteiger partial charge on any atom is 0.319 e. The van der Waals surface area contributed by atoms with Crippen LogP contribution in [0.1, 0.15) is 10.4 Å². The Morgan fingerprint density at radius 2 is 1.59 bits per heavy atom. The lowest BCUT2D eigenvalue weighted by atomic mass is 10.2. The average Bonchev–Trinajstić information content (AvgIpc) is 2.70. The molecular formula is C19H20N4O4. The van der Waals surface area contributed by atoms with Gasteiger partial charge in [-0.2, -0.15) is 5.26 Å². The summed E-state index contributed by atoms with van der Waals surface area (Å²) in [5.74, 6) is 0.992. The van der Waals surface area contributed by atoms with Gasteiger partial charge in [0.1, 0.15) is 17.6 Å². The second-order valence-corrected chi connectivity index (χ2v) is 5.34. The summed E-state index contributed by atoms with van der Waals surface area (Å²) in [6, 6.07) is 14.9. The van der Waals surface area contributed by atoms with E-state index in [9.17, 15) is 9.59 Å². The number of methoxy groups -OCH3 is 1. The molecule has 2 rings (SSSR count). The molecule has 0 radical (unpaired) electrons. The first-order valence-electron chi connectivity index (χ1n) is 8.19. The molecule has 0 atom stereocenters. The van der Waals surface area contributed by atoms with Gasteiger partial charge in [0, 0.05) is 24.3 Å². The van der Waals surface area contributed by atoms with Gasteiger partial charge in [-0.15, -0.1) is 0 Å². The zero-order chi connectivity index (χ0) is 19.5. The molecule has 8 nitrogen and oxygen atoms in total. The molecule has 0 bridgehead atoms. The molecule has 3 N–H and O–H groups in total. The van der Waals surface area contributed by atoms with Crippen LogP contribution in [0.2, 0.25) is 0 Å². The molecule has 0 unspecified atom stereocenters. The maximum atomic E-state index is 12.0. The lowest BCUT2D eigenvalue weighted by Gasteiger charge is -2.09. The van der Waals surface area contributed by atoms with Gasteiger partial charge in [0.15, 0.2) is 6.61 Å². The minimum atomic E-state index is -0.389. The molecule has 0 aliphatic carbocycles. The largest absolute Gasteiger partial charge is 0.497 e. The zero-order valence-electron chi connectivity index (χ0n) is 14.8. The van der Waals surface area contributed by atoms with Crippen molar-refractivity contribution in [3.63, 3.8) is 0 Å². The Bertz CT molecular complexity index is 798. The van der Waals surface area contributed by atoms with Crippen LogP contribution in [0.15, 0.2) is 48.5 Å². The first kappa shape index (κ1) is 19.6. The standard InChI is InChI=1S/C19H20N4O4/c1-26-16-6-2-14(3-7-16)18(24)21-11-12-22-19(25)23-15-4-8-17(9-5-15)27-13-10-20/h2-9H,11-13H2,1H3,(H,21,24)(H2,22,23,25). The van der Waals surface area contributed by atoms with Crippen molar-refractivity contribution in [3.05, 3.63) is 54.1 Å². The molecule has 27 heavy (non-hydrogen) atoms. The smallest absolute Gasteiger partial charge is 0.319 e. The van der Waals surface area contributed by atoms with Crippen molar-refractivity contribution in [1.29, 1.82) is 5.26 Å². The minimum Gasteiger partial charge on any atom is -0.497 e. The number of nitrogens with zero attached hydrogens (tertiary/aromatic N) is 1. The summed E-state index contributed by atoms with van der Waals surface area (Å²) < 4.78 is 10.2. The molecule has 3 amide bonds. The second-order valence-electron chi connectivity index (χ2n) is 5.34. The van der Waals surface area contributed by atoms with E-state index < -0.39 is 0 Å². The van der Waals surface area contributed by atoms with Gasteiger partial charge in [-0.1, -0.05) is 0 Å². The first-order chi connectivity index (χ1) is 13.1. The van der Waals surface area contributed by atoms with E-state index in [1.807, 2.05) is 6.07 Å². The topological polar surface area (TPSA) is 112 Å². The fourth-order valence-corrected chi connectivity index (χ4v) is 2.12. The van der Waals surface area contributed by atoms with Gasteiger partial charge in [0.25, 0.3) is 5.91 Å². The molecule has 0 aliphatic heterocycles. The monoisotopic (exact) mass is 368 g/mol. The summed E-state index contributed by atoms with van der Waals surface area (Å²) in [4.78, 5) is 23.8. The summed E-state index contributed by atoms with van der Waals surface area (Å²) >= 11 is 0. The Hall–Kier alpha value is -3.73. The number of benzene rings is 2. The Balaban J connectivity index is 1.68. The molecule has 2 aromatic rings. The molecule has 0 saturated heterocycles. The van der Waals surface area contributed by atoms with E-state index >= 15 is 0 Å². The summed E-state index contributed by atoms with van der Waals surface area (Å²) in [5.41, 5.74) is 1.10. The fourth-order valence-electron chi connectivity index (χ4n) is 2.12. The number of carbonyl (C=O) groups excluding carboxylic acids is 2. The van der Waals surface area contributed by atoms with Crippen molar-refractivity contribution in [3.8, 4) is 17.6 Å². The number of ether oxygens (including phenoxy) is 2. The molecular weight excluding hydrogens is 348 g/mol. The molecule has 0 saturated carbocycles. The highest BCUT2D eigenvalue weighted by atomic mass is 16.5. The van der Waals surface area contributed by atoms with Crippen LogP contribution < -0.4 is 25.4 Å². The van der Waals surface area contributed by atoms with Crippen LogP contribution in [0.3, 0.4) is 0 Å². The molecule has 0 aromatic heterocycles. The predicted octanol–water partition coefficient (Wildman–Crippen LogP) is 2.15. The Morgan fingerprint density at radius 1 is 0.963 bits per heavy atom. The van der Waals surface area contributed by atoms with E-state index in [1.54, 1.807) is 55.6 Å². The summed E-state index contributed by atoms with van der Waals surface area (Å²) in [6.07, 6.45) is 0. The third-order valence-electron chi connectivity index (χ3n) is 3.46. The summed E-state index contributed by atoms with van der Waals surface area (Å²) in [7, 11) is 1.56. The maximum absolute atomic E-state index is 12.0. The number of nitrogens with one attached hydrogen (secondary N) is 3. The lowest BCUT2D eigenvalue weighted by molar-refractivity contribution is 0.0954. The van der Waals surface area contributed by atoms with Crippen LogP contribution in [0.5, 0.6) is 11.5 Å². The van der Waals surface area contributed by atoms with Gasteiger partial charge in [-0.05, 0) is 48.5 Å². The van der Waals surface area contributed by atoms with Gasteiger partial charge < -0.3 is 25.4 Å². The van der Waals surface area contributed by atoms with Crippen LogP contribution in [-0.4, -0.2) is 38.7 Å². The van der Waals surface area contributed by atoms with Crippen LogP contribution in [0.4, 0.5) is 10.5 Å². The molecule has 8 heteroatoms. The van der Waals surface area contributed by atoms with Gasteiger partial charge in [-0.3, -0.25) is 4.79 Å². The number of hydrogen-bond acceptors (Lipinski definition) is 5. The average molecular weight is 368 g/mol. The van der Waals surface area contributed by atoms with E-state index in [1.165, 1.54) is 0 Å². The van der Waals surface area contributed by atoms with E-state index in [4.69, 9.17) is 14.7 Å². The summed E-state index contributed by atoms with van der Waals surface area (Å²) in [5, 5.41) is 16.5. The van der Waals surface area contributed by atoms with Gasteiger partial charge in [-0.25, -0.2) is 4.79 Å². The lowest BCUT2D eigenvalue weighted by Crippen LogP contribution is -2.36. The highest BCUT2D eigenvalue weighted by Gasteiger charge is 2.06. The van der Waals surface area contributed by atoms with E-state index in [0.29, 0.717) is 29.3 Å². The molecule has 0 aliphatic rings. The normalized spacial score (nSPS) is 9.63. The van der Waals surface area contributed by atoms with Crippen molar-refractivity contribution < 1.29 is 19.1 Å². The fraction of sp³-hybridized carbons (Fsp3) is 0.211. The predicted molar refractivity (Wildman–Crippen MR) is 99.9 cm³/mol. The zero-order valence-corrected chi connectivity index (χ0v) is 14.8. The van der Waals surface area contributed by atoms with Crippen molar-refractivity contribution in [2.45, 2.75) is 0 Å². The van der Waals surface area contributed by atoms with Gasteiger partial charge in [0.2, 0.25) is 0 Å². The minimum absolute atomic E-state index is 0.0322.